The lowest BCUT2D eigenvalue weighted by atomic mass is 9.74. The second-order valence-corrected chi connectivity index (χ2v) is 7.68. The first-order valence-electron chi connectivity index (χ1n) is 9.38. The van der Waals surface area contributed by atoms with Crippen molar-refractivity contribution in [2.45, 2.75) is 44.2 Å². The van der Waals surface area contributed by atoms with Crippen LogP contribution in [0.25, 0.3) is 0 Å². The summed E-state index contributed by atoms with van der Waals surface area (Å²) in [4.78, 5) is 28.5. The van der Waals surface area contributed by atoms with Gasteiger partial charge in [-0.25, -0.2) is 4.79 Å². The average molecular weight is 354 g/mol. The van der Waals surface area contributed by atoms with E-state index in [9.17, 15) is 9.59 Å². The number of aromatic amines is 1. The van der Waals surface area contributed by atoms with E-state index in [1.807, 2.05) is 0 Å². The molecule has 6 nitrogen and oxygen atoms in total. The van der Waals surface area contributed by atoms with E-state index >= 15 is 0 Å². The number of H-pyrrole nitrogens is 1. The summed E-state index contributed by atoms with van der Waals surface area (Å²) in [5.74, 6) is 1.30. The van der Waals surface area contributed by atoms with E-state index in [2.05, 4.69) is 46.4 Å². The van der Waals surface area contributed by atoms with Crippen molar-refractivity contribution in [3.05, 3.63) is 62.3 Å². The molecular formula is C20H26N4O2. The fourth-order valence-electron chi connectivity index (χ4n) is 4.21. The van der Waals surface area contributed by atoms with E-state index in [-0.39, 0.29) is 11.2 Å². The molecule has 1 aromatic heterocycles. The van der Waals surface area contributed by atoms with Crippen molar-refractivity contribution < 1.29 is 0 Å². The van der Waals surface area contributed by atoms with Gasteiger partial charge >= 0.3 is 5.69 Å². The Balaban J connectivity index is 1.33. The largest absolute Gasteiger partial charge is 0.356 e. The van der Waals surface area contributed by atoms with Gasteiger partial charge in [0.2, 0.25) is 0 Å². The van der Waals surface area contributed by atoms with Gasteiger partial charge in [0.25, 0.3) is 5.56 Å². The highest BCUT2D eigenvalue weighted by Crippen LogP contribution is 2.38. The highest BCUT2D eigenvalue weighted by atomic mass is 16.2. The Kier molecular flexibility index (Phi) is 4.44. The third-order valence-electron chi connectivity index (χ3n) is 5.90. The first kappa shape index (κ1) is 17.1. The summed E-state index contributed by atoms with van der Waals surface area (Å²) in [6, 6.07) is 11.2. The number of nitrogens with zero attached hydrogens (tertiary/aromatic N) is 2. The summed E-state index contributed by atoms with van der Waals surface area (Å²) >= 11 is 0. The molecule has 1 aromatic carbocycles. The van der Waals surface area contributed by atoms with E-state index in [0.29, 0.717) is 23.8 Å². The Morgan fingerprint density at radius 2 is 1.92 bits per heavy atom. The molecule has 2 fully saturated rings. The monoisotopic (exact) mass is 354 g/mol. The van der Waals surface area contributed by atoms with Crippen LogP contribution in [-0.4, -0.2) is 34.7 Å². The Morgan fingerprint density at radius 1 is 1.15 bits per heavy atom. The van der Waals surface area contributed by atoms with Gasteiger partial charge in [-0.2, -0.15) is 0 Å². The van der Waals surface area contributed by atoms with Gasteiger partial charge < -0.3 is 10.2 Å². The zero-order chi connectivity index (χ0) is 18.3. The highest BCUT2D eigenvalue weighted by Gasteiger charge is 2.34. The molecule has 0 radical (unpaired) electrons. The Bertz CT molecular complexity index is 879. The smallest absolute Gasteiger partial charge is 0.329 e. The van der Waals surface area contributed by atoms with Crippen molar-refractivity contribution >= 4 is 5.82 Å². The number of aryl methyl sites for hydroxylation is 1. The minimum atomic E-state index is -0.357. The van der Waals surface area contributed by atoms with Crippen molar-refractivity contribution in [3.8, 4) is 0 Å². The topological polar surface area (TPSA) is 70.1 Å². The Morgan fingerprint density at radius 3 is 2.65 bits per heavy atom. The van der Waals surface area contributed by atoms with E-state index < -0.39 is 0 Å². The number of anilines is 1. The van der Waals surface area contributed by atoms with Crippen molar-refractivity contribution in [3.63, 3.8) is 0 Å². The predicted octanol–water partition coefficient (Wildman–Crippen LogP) is 1.50. The summed E-state index contributed by atoms with van der Waals surface area (Å²) in [7, 11) is 1.49. The van der Waals surface area contributed by atoms with Crippen LogP contribution in [0.15, 0.2) is 39.9 Å². The third kappa shape index (κ3) is 3.21. The maximum Gasteiger partial charge on any atom is 0.329 e. The van der Waals surface area contributed by atoms with Gasteiger partial charge in [-0.15, -0.1) is 0 Å². The Hall–Kier alpha value is -2.34. The van der Waals surface area contributed by atoms with Crippen LogP contribution in [-0.2, 0) is 7.05 Å². The normalized spacial score (nSPS) is 25.3. The van der Waals surface area contributed by atoms with Crippen molar-refractivity contribution in [2.75, 3.05) is 18.0 Å². The van der Waals surface area contributed by atoms with Crippen molar-refractivity contribution in [2.24, 2.45) is 7.05 Å². The number of rotatable bonds is 4. The van der Waals surface area contributed by atoms with Crippen LogP contribution in [0.5, 0.6) is 0 Å². The van der Waals surface area contributed by atoms with Gasteiger partial charge in [-0.3, -0.25) is 14.3 Å². The van der Waals surface area contributed by atoms with Gasteiger partial charge in [-0.05, 0) is 43.2 Å². The molecule has 0 unspecified atom stereocenters. The maximum atomic E-state index is 11.8. The maximum absolute atomic E-state index is 11.8. The molecule has 138 valence electrons. The molecule has 1 saturated carbocycles. The molecule has 4 rings (SSSR count). The quantitative estimate of drug-likeness (QED) is 0.873. The number of hydrogen-bond donors (Lipinski definition) is 2. The van der Waals surface area contributed by atoms with Crippen LogP contribution >= 0.6 is 0 Å². The zero-order valence-electron chi connectivity index (χ0n) is 15.4. The lowest BCUT2D eigenvalue weighted by molar-refractivity contribution is 0.269. The summed E-state index contributed by atoms with van der Waals surface area (Å²) in [6.45, 7) is 3.87. The molecule has 1 aliphatic carbocycles. The van der Waals surface area contributed by atoms with Crippen LogP contribution in [0, 0.1) is 6.92 Å². The average Bonchev–Trinajstić information content (AvgIpc) is 3.05. The number of nitrogens with one attached hydrogen (secondary N) is 2. The Labute approximate surface area is 152 Å². The van der Waals surface area contributed by atoms with Crippen LogP contribution in [0.1, 0.15) is 36.3 Å². The van der Waals surface area contributed by atoms with Crippen LogP contribution in [0.2, 0.25) is 0 Å². The molecule has 0 bridgehead atoms. The molecule has 6 heteroatoms. The minimum absolute atomic E-state index is 0.264. The number of hydrogen-bond acceptors (Lipinski definition) is 4. The van der Waals surface area contributed by atoms with E-state index in [4.69, 9.17) is 0 Å². The molecule has 0 amide bonds. The van der Waals surface area contributed by atoms with Crippen LogP contribution in [0.3, 0.4) is 0 Å². The van der Waals surface area contributed by atoms with Crippen molar-refractivity contribution in [1.29, 1.82) is 0 Å². The molecule has 1 aliphatic heterocycles. The highest BCUT2D eigenvalue weighted by molar-refractivity contribution is 5.38. The zero-order valence-corrected chi connectivity index (χ0v) is 15.4. The molecular weight excluding hydrogens is 328 g/mol. The molecule has 2 aromatic rings. The van der Waals surface area contributed by atoms with Crippen LogP contribution in [0.4, 0.5) is 5.82 Å². The molecule has 0 spiro atoms. The minimum Gasteiger partial charge on any atom is -0.356 e. The summed E-state index contributed by atoms with van der Waals surface area (Å²) in [5, 5.41) is 3.76. The molecule has 2 aliphatic rings. The van der Waals surface area contributed by atoms with Crippen LogP contribution < -0.4 is 21.5 Å². The van der Waals surface area contributed by atoms with Crippen molar-refractivity contribution in [1.82, 2.24) is 14.9 Å². The molecule has 1 saturated heterocycles. The fourth-order valence-corrected chi connectivity index (χ4v) is 4.21. The number of aromatic nitrogens is 2. The lowest BCUT2D eigenvalue weighted by Gasteiger charge is -2.38. The van der Waals surface area contributed by atoms with E-state index in [1.54, 1.807) is 0 Å². The molecule has 2 N–H and O–H groups in total. The first-order chi connectivity index (χ1) is 12.5. The molecule has 1 atom stereocenters. The van der Waals surface area contributed by atoms with E-state index in [0.717, 1.165) is 24.1 Å². The van der Waals surface area contributed by atoms with Gasteiger partial charge in [-0.1, -0.05) is 24.3 Å². The third-order valence-corrected chi connectivity index (χ3v) is 5.90. The van der Waals surface area contributed by atoms with Gasteiger partial charge in [0, 0.05) is 38.3 Å². The summed E-state index contributed by atoms with van der Waals surface area (Å²) < 4.78 is 1.09. The van der Waals surface area contributed by atoms with Gasteiger partial charge in [0.1, 0.15) is 5.82 Å². The molecule has 26 heavy (non-hydrogen) atoms. The fraction of sp³-hybridized carbons (Fsp3) is 0.500. The standard InChI is InChI=1S/C20H26N4O2/c1-13-5-3-4-6-17(13)14-9-16(10-14)21-15-7-8-24(12-15)18-11-19(25)23(2)20(26)22-18/h3-6,11,14-16,21H,7-10,12H2,1-2H3,(H,22,26)/t14?,15-,16?/m1/s1. The second kappa shape index (κ2) is 6.76. The lowest BCUT2D eigenvalue weighted by Crippen LogP contribution is -2.46. The molecule has 2 heterocycles. The summed E-state index contributed by atoms with van der Waals surface area (Å²) in [5.41, 5.74) is 2.25. The SMILES string of the molecule is Cc1ccccc1C1CC(N[C@@H]2CCN(c3cc(=O)n(C)c(=O)[nH]3)C2)C1. The predicted molar refractivity (Wildman–Crippen MR) is 103 cm³/mol. The number of benzene rings is 1. The van der Waals surface area contributed by atoms with Gasteiger partial charge in [0.15, 0.2) is 0 Å². The second-order valence-electron chi connectivity index (χ2n) is 7.68. The first-order valence-corrected chi connectivity index (χ1v) is 9.38. The summed E-state index contributed by atoms with van der Waals surface area (Å²) in [6.07, 6.45) is 3.40. The van der Waals surface area contributed by atoms with E-state index in [1.165, 1.54) is 37.1 Å². The van der Waals surface area contributed by atoms with Gasteiger partial charge in [0.05, 0.1) is 0 Å².